The summed E-state index contributed by atoms with van der Waals surface area (Å²) in [5.41, 5.74) is 0. The molecule has 4 heteroatoms. The number of halogens is 2. The molecule has 0 amide bonds. The minimum absolute atomic E-state index is 0.00984. The fourth-order valence-electron chi connectivity index (χ4n) is 1.33. The maximum Gasteiger partial charge on any atom is 0.166 e. The van der Waals surface area contributed by atoms with Crippen LogP contribution >= 0.6 is 15.9 Å². The molecule has 90 valence electrons. The third-order valence-corrected chi connectivity index (χ3v) is 2.76. The van der Waals surface area contributed by atoms with Crippen molar-refractivity contribution in [2.75, 3.05) is 13.1 Å². The molecule has 0 saturated heterocycles. The first-order valence-electron chi connectivity index (χ1n) is 5.49. The molecule has 1 N–H and O–H groups in total. The fourth-order valence-corrected chi connectivity index (χ4v) is 1.66. The summed E-state index contributed by atoms with van der Waals surface area (Å²) >= 11 is 3.21. The molecule has 0 bridgehead atoms. The van der Waals surface area contributed by atoms with Crippen molar-refractivity contribution in [2.45, 2.75) is 26.4 Å². The first-order chi connectivity index (χ1) is 7.67. The molecule has 0 fully saturated rings. The van der Waals surface area contributed by atoms with Crippen molar-refractivity contribution in [3.05, 3.63) is 28.5 Å². The second kappa shape index (κ2) is 6.86. The molecule has 0 aliphatic heterocycles. The first-order valence-corrected chi connectivity index (χ1v) is 6.29. The summed E-state index contributed by atoms with van der Waals surface area (Å²) in [7, 11) is 0. The van der Waals surface area contributed by atoms with E-state index in [0.29, 0.717) is 5.75 Å². The second-order valence-electron chi connectivity index (χ2n) is 3.53. The average Bonchev–Trinajstić information content (AvgIpc) is 2.27. The molecule has 0 saturated carbocycles. The lowest BCUT2D eigenvalue weighted by molar-refractivity contribution is 0.186. The van der Waals surface area contributed by atoms with E-state index in [1.807, 2.05) is 13.8 Å². The molecule has 1 atom stereocenters. The average molecular weight is 290 g/mol. The summed E-state index contributed by atoms with van der Waals surface area (Å²) in [5.74, 6) is -0.0164. The Morgan fingerprint density at radius 3 is 2.75 bits per heavy atom. The van der Waals surface area contributed by atoms with E-state index in [2.05, 4.69) is 21.2 Å². The van der Waals surface area contributed by atoms with Gasteiger partial charge in [0.15, 0.2) is 11.6 Å². The van der Waals surface area contributed by atoms with Crippen molar-refractivity contribution in [2.24, 2.45) is 0 Å². The SMILES string of the molecule is CCNCC(CC)Oc1ccc(Br)cc1F. The lowest BCUT2D eigenvalue weighted by atomic mass is 10.2. The Hall–Kier alpha value is -0.610. The fraction of sp³-hybridized carbons (Fsp3) is 0.500. The van der Waals surface area contributed by atoms with E-state index in [1.165, 1.54) is 6.07 Å². The second-order valence-corrected chi connectivity index (χ2v) is 4.45. The summed E-state index contributed by atoms with van der Waals surface area (Å²) < 4.78 is 19.8. The normalized spacial score (nSPS) is 12.5. The van der Waals surface area contributed by atoms with Crippen LogP contribution < -0.4 is 10.1 Å². The van der Waals surface area contributed by atoms with Crippen LogP contribution in [0, 0.1) is 5.82 Å². The van der Waals surface area contributed by atoms with E-state index in [9.17, 15) is 4.39 Å². The van der Waals surface area contributed by atoms with Gasteiger partial charge in [-0.1, -0.05) is 29.8 Å². The summed E-state index contributed by atoms with van der Waals surface area (Å²) in [5, 5.41) is 3.19. The van der Waals surface area contributed by atoms with Gasteiger partial charge in [-0.3, -0.25) is 0 Å². The van der Waals surface area contributed by atoms with Gasteiger partial charge >= 0.3 is 0 Å². The van der Waals surface area contributed by atoms with Crippen LogP contribution in [-0.2, 0) is 0 Å². The lowest BCUT2D eigenvalue weighted by Gasteiger charge is -2.18. The zero-order valence-corrected chi connectivity index (χ0v) is 11.2. The zero-order valence-electron chi connectivity index (χ0n) is 9.59. The highest BCUT2D eigenvalue weighted by molar-refractivity contribution is 9.10. The van der Waals surface area contributed by atoms with Gasteiger partial charge in [0.1, 0.15) is 6.10 Å². The van der Waals surface area contributed by atoms with Crippen molar-refractivity contribution < 1.29 is 9.13 Å². The summed E-state index contributed by atoms with van der Waals surface area (Å²) in [6.45, 7) is 5.69. The van der Waals surface area contributed by atoms with Gasteiger partial charge in [-0.2, -0.15) is 0 Å². The van der Waals surface area contributed by atoms with Gasteiger partial charge in [0.2, 0.25) is 0 Å². The van der Waals surface area contributed by atoms with Gasteiger partial charge in [-0.15, -0.1) is 0 Å². The number of nitrogens with one attached hydrogen (secondary N) is 1. The van der Waals surface area contributed by atoms with Crippen LogP contribution in [0.2, 0.25) is 0 Å². The Labute approximate surface area is 104 Å². The third kappa shape index (κ3) is 4.10. The first kappa shape index (κ1) is 13.5. The van der Waals surface area contributed by atoms with E-state index < -0.39 is 0 Å². The van der Waals surface area contributed by atoms with Crippen LogP contribution in [0.25, 0.3) is 0 Å². The number of likely N-dealkylation sites (N-methyl/N-ethyl adjacent to an activating group) is 1. The van der Waals surface area contributed by atoms with E-state index in [-0.39, 0.29) is 11.9 Å². The van der Waals surface area contributed by atoms with Crippen molar-refractivity contribution >= 4 is 15.9 Å². The molecule has 0 aliphatic carbocycles. The van der Waals surface area contributed by atoms with Gasteiger partial charge in [0.25, 0.3) is 0 Å². The Kier molecular flexibility index (Phi) is 5.77. The van der Waals surface area contributed by atoms with Gasteiger partial charge < -0.3 is 10.1 Å². The Morgan fingerprint density at radius 1 is 1.44 bits per heavy atom. The minimum atomic E-state index is -0.329. The van der Waals surface area contributed by atoms with E-state index in [4.69, 9.17) is 4.74 Å². The highest BCUT2D eigenvalue weighted by atomic mass is 79.9. The lowest BCUT2D eigenvalue weighted by Crippen LogP contribution is -2.30. The molecule has 1 aromatic carbocycles. The molecule has 0 heterocycles. The molecule has 0 spiro atoms. The molecular formula is C12H17BrFNO. The van der Waals surface area contributed by atoms with Crippen LogP contribution in [0.15, 0.2) is 22.7 Å². The number of ether oxygens (including phenoxy) is 1. The largest absolute Gasteiger partial charge is 0.486 e. The summed E-state index contributed by atoms with van der Waals surface area (Å²) in [4.78, 5) is 0. The minimum Gasteiger partial charge on any atom is -0.486 e. The van der Waals surface area contributed by atoms with Crippen molar-refractivity contribution in [3.8, 4) is 5.75 Å². The Morgan fingerprint density at radius 2 is 2.19 bits per heavy atom. The maximum absolute atomic E-state index is 13.5. The van der Waals surface area contributed by atoms with Crippen molar-refractivity contribution in [3.63, 3.8) is 0 Å². The Balaban J connectivity index is 2.62. The van der Waals surface area contributed by atoms with Crippen molar-refractivity contribution in [1.82, 2.24) is 5.32 Å². The van der Waals surface area contributed by atoms with Crippen LogP contribution in [0.3, 0.4) is 0 Å². The van der Waals surface area contributed by atoms with Crippen LogP contribution in [0.5, 0.6) is 5.75 Å². The number of rotatable bonds is 6. The van der Waals surface area contributed by atoms with Crippen LogP contribution in [-0.4, -0.2) is 19.2 Å². The quantitative estimate of drug-likeness (QED) is 0.867. The molecule has 0 radical (unpaired) electrons. The molecule has 0 aromatic heterocycles. The van der Waals surface area contributed by atoms with E-state index in [0.717, 1.165) is 24.0 Å². The van der Waals surface area contributed by atoms with Gasteiger partial charge in [-0.25, -0.2) is 4.39 Å². The zero-order chi connectivity index (χ0) is 12.0. The molecule has 1 rings (SSSR count). The predicted octanol–water partition coefficient (Wildman–Crippen LogP) is 3.36. The molecule has 1 unspecified atom stereocenters. The van der Waals surface area contributed by atoms with Crippen LogP contribution in [0.4, 0.5) is 4.39 Å². The molecule has 16 heavy (non-hydrogen) atoms. The highest BCUT2D eigenvalue weighted by Gasteiger charge is 2.10. The molecule has 1 aromatic rings. The van der Waals surface area contributed by atoms with Gasteiger partial charge in [-0.05, 0) is 31.2 Å². The molecule has 0 aliphatic rings. The summed E-state index contributed by atoms with van der Waals surface area (Å²) in [6.07, 6.45) is 0.860. The number of hydrogen-bond acceptors (Lipinski definition) is 2. The number of benzene rings is 1. The summed E-state index contributed by atoms with van der Waals surface area (Å²) in [6, 6.07) is 4.84. The monoisotopic (exact) mass is 289 g/mol. The van der Waals surface area contributed by atoms with Crippen molar-refractivity contribution in [1.29, 1.82) is 0 Å². The smallest absolute Gasteiger partial charge is 0.166 e. The van der Waals surface area contributed by atoms with E-state index in [1.54, 1.807) is 12.1 Å². The standard InChI is InChI=1S/C12H17BrFNO/c1-3-10(8-15-4-2)16-12-6-5-9(13)7-11(12)14/h5-7,10,15H,3-4,8H2,1-2H3. The topological polar surface area (TPSA) is 21.3 Å². The van der Waals surface area contributed by atoms with E-state index >= 15 is 0 Å². The third-order valence-electron chi connectivity index (χ3n) is 2.26. The maximum atomic E-state index is 13.5. The van der Waals surface area contributed by atoms with Gasteiger partial charge in [0, 0.05) is 11.0 Å². The van der Waals surface area contributed by atoms with Crippen LogP contribution in [0.1, 0.15) is 20.3 Å². The van der Waals surface area contributed by atoms with Gasteiger partial charge in [0.05, 0.1) is 0 Å². The molecular weight excluding hydrogens is 273 g/mol. The highest BCUT2D eigenvalue weighted by Crippen LogP contribution is 2.22. The predicted molar refractivity (Wildman–Crippen MR) is 67.4 cm³/mol. The molecule has 2 nitrogen and oxygen atoms in total. The Bertz CT molecular complexity index is 333. The number of hydrogen-bond donors (Lipinski definition) is 1.